The molecule has 1 fully saturated rings. The van der Waals surface area contributed by atoms with Gasteiger partial charge in [0.1, 0.15) is 5.78 Å². The third-order valence-corrected chi connectivity index (χ3v) is 1.86. The monoisotopic (exact) mass is 154 g/mol. The van der Waals surface area contributed by atoms with Gasteiger partial charge in [-0.2, -0.15) is 0 Å². The van der Waals surface area contributed by atoms with E-state index in [2.05, 4.69) is 0 Å². The van der Waals surface area contributed by atoms with Crippen molar-refractivity contribution in [2.24, 2.45) is 0 Å². The van der Waals surface area contributed by atoms with Crippen LogP contribution >= 0.6 is 0 Å². The predicted molar refractivity (Wildman–Crippen MR) is 43.4 cm³/mol. The lowest BCUT2D eigenvalue weighted by molar-refractivity contribution is -0.118. The van der Waals surface area contributed by atoms with Crippen molar-refractivity contribution in [3.05, 3.63) is 12.2 Å². The molecular weight excluding hydrogens is 140 g/mol. The Hall–Kier alpha value is -0.630. The highest BCUT2D eigenvalue weighted by Crippen LogP contribution is 2.17. The fourth-order valence-electron chi connectivity index (χ4n) is 1.21. The number of allylic oxidation sites excluding steroid dienone is 1. The van der Waals surface area contributed by atoms with Gasteiger partial charge in [-0.15, -0.1) is 0 Å². The van der Waals surface area contributed by atoms with Gasteiger partial charge in [0, 0.05) is 12.8 Å². The number of ketones is 1. The number of rotatable bonds is 3. The highest BCUT2D eigenvalue weighted by atomic mass is 16.5. The number of hydrogen-bond donors (Lipinski definition) is 0. The molecule has 0 aromatic rings. The van der Waals surface area contributed by atoms with E-state index in [1.807, 2.05) is 19.1 Å². The third kappa shape index (κ3) is 2.85. The molecule has 1 rings (SSSR count). The lowest BCUT2D eigenvalue weighted by Crippen LogP contribution is -2.08. The summed E-state index contributed by atoms with van der Waals surface area (Å²) in [5, 5.41) is 0. The Labute approximate surface area is 67.2 Å². The molecule has 11 heavy (non-hydrogen) atoms. The van der Waals surface area contributed by atoms with Crippen LogP contribution in [0.25, 0.3) is 0 Å². The Morgan fingerprint density at radius 3 is 3.09 bits per heavy atom. The third-order valence-electron chi connectivity index (χ3n) is 1.86. The minimum atomic E-state index is 0.193. The van der Waals surface area contributed by atoms with Crippen molar-refractivity contribution in [3.8, 4) is 0 Å². The van der Waals surface area contributed by atoms with E-state index in [-0.39, 0.29) is 6.10 Å². The van der Waals surface area contributed by atoms with Crippen LogP contribution in [0.1, 0.15) is 26.2 Å². The summed E-state index contributed by atoms with van der Waals surface area (Å²) in [6.45, 7) is 2.61. The van der Waals surface area contributed by atoms with E-state index >= 15 is 0 Å². The number of carbonyl (C=O) groups is 1. The molecule has 1 aliphatic rings. The molecule has 0 N–H and O–H groups in total. The smallest absolute Gasteiger partial charge is 0.135 e. The van der Waals surface area contributed by atoms with Crippen LogP contribution in [0, 0.1) is 0 Å². The van der Waals surface area contributed by atoms with E-state index in [0.717, 1.165) is 6.42 Å². The van der Waals surface area contributed by atoms with Crippen molar-refractivity contribution >= 4 is 5.78 Å². The summed E-state index contributed by atoms with van der Waals surface area (Å²) in [5.74, 6) is 0.343. The van der Waals surface area contributed by atoms with E-state index in [9.17, 15) is 4.79 Å². The van der Waals surface area contributed by atoms with E-state index in [1.165, 1.54) is 0 Å². The predicted octanol–water partition coefficient (Wildman–Crippen LogP) is 1.70. The first-order valence-electron chi connectivity index (χ1n) is 4.07. The molecule has 0 radical (unpaired) electrons. The fraction of sp³-hybridized carbons (Fsp3) is 0.667. The maximum absolute atomic E-state index is 10.8. The molecular formula is C9H14O2. The first-order valence-corrected chi connectivity index (χ1v) is 4.07. The van der Waals surface area contributed by atoms with Gasteiger partial charge >= 0.3 is 0 Å². The summed E-state index contributed by atoms with van der Waals surface area (Å²) in [7, 11) is 0. The van der Waals surface area contributed by atoms with Crippen molar-refractivity contribution in [1.29, 1.82) is 0 Å². The van der Waals surface area contributed by atoms with Gasteiger partial charge < -0.3 is 4.74 Å². The molecule has 1 atom stereocenters. The van der Waals surface area contributed by atoms with Crippen LogP contribution in [0.2, 0.25) is 0 Å². The Morgan fingerprint density at radius 1 is 1.73 bits per heavy atom. The zero-order chi connectivity index (χ0) is 8.10. The molecule has 2 heteroatoms. The first-order chi connectivity index (χ1) is 5.33. The second kappa shape index (κ2) is 4.29. The van der Waals surface area contributed by atoms with E-state index in [4.69, 9.17) is 4.74 Å². The van der Waals surface area contributed by atoms with Gasteiger partial charge in [0.2, 0.25) is 0 Å². The van der Waals surface area contributed by atoms with Gasteiger partial charge in [-0.3, -0.25) is 4.79 Å². The minimum Gasteiger partial charge on any atom is -0.374 e. The maximum Gasteiger partial charge on any atom is 0.135 e. The number of carbonyl (C=O) groups excluding carboxylic acids is 1. The van der Waals surface area contributed by atoms with Gasteiger partial charge in [-0.25, -0.2) is 0 Å². The summed E-state index contributed by atoms with van der Waals surface area (Å²) in [6, 6.07) is 0. The molecule has 62 valence electrons. The molecule has 1 unspecified atom stereocenters. The summed E-state index contributed by atoms with van der Waals surface area (Å²) in [4.78, 5) is 10.8. The lowest BCUT2D eigenvalue weighted by atomic mass is 10.3. The molecule has 0 spiro atoms. The SMILES string of the molecule is C/C=C/COC1CCC(=O)C1. The number of hydrogen-bond acceptors (Lipinski definition) is 2. The fourth-order valence-corrected chi connectivity index (χ4v) is 1.21. The summed E-state index contributed by atoms with van der Waals surface area (Å²) >= 11 is 0. The Balaban J connectivity index is 2.13. The second-order valence-electron chi connectivity index (χ2n) is 2.81. The molecule has 0 aliphatic heterocycles. The van der Waals surface area contributed by atoms with Crippen LogP contribution in [-0.2, 0) is 9.53 Å². The Bertz CT molecular complexity index is 161. The molecule has 0 saturated heterocycles. The van der Waals surface area contributed by atoms with E-state index in [1.54, 1.807) is 0 Å². The maximum atomic E-state index is 10.8. The van der Waals surface area contributed by atoms with Crippen LogP contribution < -0.4 is 0 Å². The molecule has 1 saturated carbocycles. The number of ether oxygens (including phenoxy) is 1. The molecule has 0 amide bonds. The van der Waals surface area contributed by atoms with Crippen LogP contribution in [-0.4, -0.2) is 18.5 Å². The lowest BCUT2D eigenvalue weighted by Gasteiger charge is -2.06. The molecule has 0 bridgehead atoms. The van der Waals surface area contributed by atoms with E-state index < -0.39 is 0 Å². The van der Waals surface area contributed by atoms with Crippen LogP contribution in [0.5, 0.6) is 0 Å². The van der Waals surface area contributed by atoms with Gasteiger partial charge in [0.15, 0.2) is 0 Å². The highest BCUT2D eigenvalue weighted by molar-refractivity contribution is 5.81. The average Bonchev–Trinajstić information content (AvgIpc) is 2.37. The second-order valence-corrected chi connectivity index (χ2v) is 2.81. The van der Waals surface area contributed by atoms with Crippen molar-refractivity contribution in [1.82, 2.24) is 0 Å². The van der Waals surface area contributed by atoms with Crippen molar-refractivity contribution < 1.29 is 9.53 Å². The Kier molecular flexibility index (Phi) is 3.30. The molecule has 2 nitrogen and oxygen atoms in total. The average molecular weight is 154 g/mol. The molecule has 1 aliphatic carbocycles. The van der Waals surface area contributed by atoms with Crippen LogP contribution in [0.3, 0.4) is 0 Å². The van der Waals surface area contributed by atoms with Gasteiger partial charge in [-0.05, 0) is 13.3 Å². The van der Waals surface area contributed by atoms with Crippen molar-refractivity contribution in [2.45, 2.75) is 32.3 Å². The van der Waals surface area contributed by atoms with Gasteiger partial charge in [-0.1, -0.05) is 12.2 Å². The molecule has 0 aromatic carbocycles. The summed E-state index contributed by atoms with van der Waals surface area (Å²) in [6.07, 6.45) is 6.35. The zero-order valence-corrected chi connectivity index (χ0v) is 6.88. The van der Waals surface area contributed by atoms with Crippen LogP contribution in [0.4, 0.5) is 0 Å². The minimum absolute atomic E-state index is 0.193. The standard InChI is InChI=1S/C9H14O2/c1-2-3-6-11-9-5-4-8(10)7-9/h2-3,9H,4-7H2,1H3/b3-2+. The summed E-state index contributed by atoms with van der Waals surface area (Å²) < 4.78 is 5.41. The van der Waals surface area contributed by atoms with Crippen molar-refractivity contribution in [3.63, 3.8) is 0 Å². The Morgan fingerprint density at radius 2 is 2.55 bits per heavy atom. The van der Waals surface area contributed by atoms with Crippen molar-refractivity contribution in [2.75, 3.05) is 6.61 Å². The zero-order valence-electron chi connectivity index (χ0n) is 6.88. The largest absolute Gasteiger partial charge is 0.374 e. The first kappa shape index (κ1) is 8.47. The number of Topliss-reactive ketones (excluding diaryl/α,β-unsaturated/α-hetero) is 1. The van der Waals surface area contributed by atoms with Gasteiger partial charge in [0.25, 0.3) is 0 Å². The highest BCUT2D eigenvalue weighted by Gasteiger charge is 2.21. The topological polar surface area (TPSA) is 26.3 Å². The quantitative estimate of drug-likeness (QED) is 0.578. The molecule has 0 heterocycles. The van der Waals surface area contributed by atoms with E-state index in [0.29, 0.717) is 25.2 Å². The normalized spacial score (nSPS) is 25.2. The molecule has 0 aromatic heterocycles. The van der Waals surface area contributed by atoms with Crippen LogP contribution in [0.15, 0.2) is 12.2 Å². The van der Waals surface area contributed by atoms with Gasteiger partial charge in [0.05, 0.1) is 12.7 Å². The summed E-state index contributed by atoms with van der Waals surface area (Å²) in [5.41, 5.74) is 0.